The number of rotatable bonds is 5. The normalized spacial score (nSPS) is 12.3. The van der Waals surface area contributed by atoms with Crippen molar-refractivity contribution in [3.05, 3.63) is 70.6 Å². The van der Waals surface area contributed by atoms with Crippen LogP contribution in [-0.4, -0.2) is 36.5 Å². The van der Waals surface area contributed by atoms with E-state index in [-0.39, 0.29) is 17.8 Å². The summed E-state index contributed by atoms with van der Waals surface area (Å²) in [6.07, 6.45) is 2.66. The summed E-state index contributed by atoms with van der Waals surface area (Å²) in [6, 6.07) is 7.75. The molecule has 0 aliphatic rings. The van der Waals surface area contributed by atoms with E-state index in [4.69, 9.17) is 0 Å². The van der Waals surface area contributed by atoms with Crippen molar-refractivity contribution in [2.75, 3.05) is 0 Å². The Balaban J connectivity index is 1.68. The minimum atomic E-state index is -0.320. The third-order valence-electron chi connectivity index (χ3n) is 5.28. The number of carbonyl (C=O) groups is 1. The van der Waals surface area contributed by atoms with Gasteiger partial charge in [-0.2, -0.15) is 10.2 Å². The molecule has 0 aliphatic carbocycles. The first kappa shape index (κ1) is 20.7. The lowest BCUT2D eigenvalue weighted by Gasteiger charge is -2.14. The van der Waals surface area contributed by atoms with E-state index in [0.29, 0.717) is 40.1 Å². The smallest absolute Gasteiger partial charge is 0.252 e. The third kappa shape index (κ3) is 4.05. The summed E-state index contributed by atoms with van der Waals surface area (Å²) in [4.78, 5) is 17.8. The maximum absolute atomic E-state index is 13.4. The highest BCUT2D eigenvalue weighted by molar-refractivity contribution is 6.06. The highest BCUT2D eigenvalue weighted by Crippen LogP contribution is 2.25. The molecule has 0 aliphatic heterocycles. The van der Waals surface area contributed by atoms with Gasteiger partial charge in [0.1, 0.15) is 5.82 Å². The van der Waals surface area contributed by atoms with Gasteiger partial charge >= 0.3 is 0 Å². The van der Waals surface area contributed by atoms with Gasteiger partial charge in [-0.3, -0.25) is 9.48 Å². The molecule has 1 aromatic carbocycles. The third-order valence-corrected chi connectivity index (χ3v) is 5.28. The molecule has 0 saturated heterocycles. The standard InChI is InChI=1S/C23H25FN6O/c1-13(10-17-12-29(5)27-15(17)3)26-23(31)20-11-14(2)25-22-21(20)16(4)28-30(22)19-8-6-18(24)7-9-19/h6-9,11-13H,10H2,1-5H3,(H,26,31)/t13-/m1/s1. The van der Waals surface area contributed by atoms with Gasteiger partial charge in [0.15, 0.2) is 5.65 Å². The van der Waals surface area contributed by atoms with Crippen LogP contribution in [0.4, 0.5) is 4.39 Å². The molecule has 0 spiro atoms. The second-order valence-corrected chi connectivity index (χ2v) is 7.98. The Bertz CT molecular complexity index is 1270. The first-order chi connectivity index (χ1) is 14.7. The Morgan fingerprint density at radius 3 is 2.48 bits per heavy atom. The number of carbonyl (C=O) groups excluding carboxylic acids is 1. The van der Waals surface area contributed by atoms with E-state index in [1.165, 1.54) is 12.1 Å². The molecule has 0 bridgehead atoms. The van der Waals surface area contributed by atoms with Gasteiger partial charge in [-0.1, -0.05) is 0 Å². The minimum Gasteiger partial charge on any atom is -0.349 e. The fraction of sp³-hybridized carbons (Fsp3) is 0.304. The maximum atomic E-state index is 13.4. The van der Waals surface area contributed by atoms with E-state index < -0.39 is 0 Å². The lowest BCUT2D eigenvalue weighted by Crippen LogP contribution is -2.34. The average molecular weight is 420 g/mol. The quantitative estimate of drug-likeness (QED) is 0.535. The van der Waals surface area contributed by atoms with Gasteiger partial charge in [0, 0.05) is 25.0 Å². The van der Waals surface area contributed by atoms with Crippen molar-refractivity contribution in [3.63, 3.8) is 0 Å². The second kappa shape index (κ2) is 7.94. The summed E-state index contributed by atoms with van der Waals surface area (Å²) >= 11 is 0. The summed E-state index contributed by atoms with van der Waals surface area (Å²) in [6.45, 7) is 7.63. The number of aromatic nitrogens is 5. The Labute approximate surface area is 179 Å². The summed E-state index contributed by atoms with van der Waals surface area (Å²) in [5.74, 6) is -0.495. The monoisotopic (exact) mass is 420 g/mol. The first-order valence-electron chi connectivity index (χ1n) is 10.2. The molecule has 0 unspecified atom stereocenters. The molecule has 1 atom stereocenters. The van der Waals surface area contributed by atoms with E-state index in [9.17, 15) is 9.18 Å². The zero-order chi connectivity index (χ0) is 22.3. The molecule has 160 valence electrons. The number of hydrogen-bond donors (Lipinski definition) is 1. The summed E-state index contributed by atoms with van der Waals surface area (Å²) in [7, 11) is 1.89. The van der Waals surface area contributed by atoms with Crippen LogP contribution in [0.2, 0.25) is 0 Å². The lowest BCUT2D eigenvalue weighted by molar-refractivity contribution is 0.0941. The molecule has 8 heteroatoms. The molecular formula is C23H25FN6O. The molecule has 0 fully saturated rings. The Kier molecular flexibility index (Phi) is 5.31. The van der Waals surface area contributed by atoms with Crippen LogP contribution < -0.4 is 5.32 Å². The SMILES string of the molecule is Cc1cc(C(=O)N[C@H](C)Cc2cn(C)nc2C)c2c(C)nn(-c3ccc(F)cc3)c2n1. The maximum Gasteiger partial charge on any atom is 0.252 e. The van der Waals surface area contributed by atoms with Gasteiger partial charge in [0.05, 0.1) is 28.0 Å². The second-order valence-electron chi connectivity index (χ2n) is 7.98. The molecule has 31 heavy (non-hydrogen) atoms. The van der Waals surface area contributed by atoms with Gasteiger partial charge in [-0.15, -0.1) is 0 Å². The van der Waals surface area contributed by atoms with Gasteiger partial charge < -0.3 is 5.32 Å². The summed E-state index contributed by atoms with van der Waals surface area (Å²) < 4.78 is 16.8. The minimum absolute atomic E-state index is 0.0774. The molecular weight excluding hydrogens is 395 g/mol. The molecule has 0 saturated carbocycles. The largest absolute Gasteiger partial charge is 0.349 e. The number of pyridine rings is 1. The summed E-state index contributed by atoms with van der Waals surface area (Å²) in [5, 5.41) is 12.7. The number of benzene rings is 1. The van der Waals surface area contributed by atoms with Crippen LogP contribution in [0.1, 0.15) is 39.9 Å². The van der Waals surface area contributed by atoms with Crippen LogP contribution >= 0.6 is 0 Å². The predicted octanol–water partition coefficient (Wildman–Crippen LogP) is 3.58. The summed E-state index contributed by atoms with van der Waals surface area (Å²) in [5.41, 5.74) is 5.25. The molecule has 7 nitrogen and oxygen atoms in total. The van der Waals surface area contributed by atoms with Crippen LogP contribution in [0.5, 0.6) is 0 Å². The van der Waals surface area contributed by atoms with Crippen molar-refractivity contribution >= 4 is 16.9 Å². The zero-order valence-electron chi connectivity index (χ0n) is 18.3. The fourth-order valence-electron chi connectivity index (χ4n) is 3.89. The highest BCUT2D eigenvalue weighted by atomic mass is 19.1. The topological polar surface area (TPSA) is 77.6 Å². The average Bonchev–Trinajstić information content (AvgIpc) is 3.19. The van der Waals surface area contributed by atoms with Crippen molar-refractivity contribution in [3.8, 4) is 5.69 Å². The van der Waals surface area contributed by atoms with E-state index in [2.05, 4.69) is 20.5 Å². The van der Waals surface area contributed by atoms with Crippen molar-refractivity contribution in [1.29, 1.82) is 0 Å². The van der Waals surface area contributed by atoms with Gasteiger partial charge in [-0.25, -0.2) is 14.1 Å². The van der Waals surface area contributed by atoms with Gasteiger partial charge in [0.2, 0.25) is 0 Å². The number of hydrogen-bond acceptors (Lipinski definition) is 4. The predicted molar refractivity (Wildman–Crippen MR) is 117 cm³/mol. The van der Waals surface area contributed by atoms with E-state index in [1.807, 2.05) is 40.9 Å². The molecule has 3 heterocycles. The van der Waals surface area contributed by atoms with Crippen LogP contribution in [0.25, 0.3) is 16.7 Å². The Hall–Kier alpha value is -3.55. The van der Waals surface area contributed by atoms with Crippen molar-refractivity contribution in [2.45, 2.75) is 40.2 Å². The van der Waals surface area contributed by atoms with Crippen LogP contribution in [0.15, 0.2) is 36.5 Å². The van der Waals surface area contributed by atoms with Crippen molar-refractivity contribution in [1.82, 2.24) is 29.9 Å². The van der Waals surface area contributed by atoms with E-state index in [0.717, 1.165) is 11.3 Å². The number of fused-ring (bicyclic) bond motifs is 1. The molecule has 4 rings (SSSR count). The fourth-order valence-corrected chi connectivity index (χ4v) is 3.89. The van der Waals surface area contributed by atoms with E-state index in [1.54, 1.807) is 27.6 Å². The van der Waals surface area contributed by atoms with Crippen LogP contribution in [0, 0.1) is 26.6 Å². The van der Waals surface area contributed by atoms with Gasteiger partial charge in [0.25, 0.3) is 5.91 Å². The molecule has 3 aromatic heterocycles. The first-order valence-corrected chi connectivity index (χ1v) is 10.2. The van der Waals surface area contributed by atoms with Crippen molar-refractivity contribution < 1.29 is 9.18 Å². The van der Waals surface area contributed by atoms with Crippen LogP contribution in [-0.2, 0) is 13.5 Å². The number of nitrogens with zero attached hydrogens (tertiary/aromatic N) is 5. The molecule has 1 N–H and O–H groups in total. The number of amides is 1. The number of halogens is 1. The van der Waals surface area contributed by atoms with Crippen LogP contribution in [0.3, 0.4) is 0 Å². The lowest BCUT2D eigenvalue weighted by atomic mass is 10.1. The Morgan fingerprint density at radius 1 is 1.13 bits per heavy atom. The molecule has 4 aromatic rings. The molecule has 1 amide bonds. The number of aryl methyl sites for hydroxylation is 4. The zero-order valence-corrected chi connectivity index (χ0v) is 18.3. The van der Waals surface area contributed by atoms with Gasteiger partial charge in [-0.05, 0) is 70.0 Å². The number of nitrogens with one attached hydrogen (secondary N) is 1. The van der Waals surface area contributed by atoms with Crippen molar-refractivity contribution in [2.24, 2.45) is 7.05 Å². The molecule has 0 radical (unpaired) electrons. The highest BCUT2D eigenvalue weighted by Gasteiger charge is 2.21. The Morgan fingerprint density at radius 2 is 1.84 bits per heavy atom. The van der Waals surface area contributed by atoms with E-state index >= 15 is 0 Å².